The molecule has 0 bridgehead atoms. The summed E-state index contributed by atoms with van der Waals surface area (Å²) in [6.07, 6.45) is 0. The highest BCUT2D eigenvalue weighted by Crippen LogP contribution is 2.35. The molecule has 0 radical (unpaired) electrons. The van der Waals surface area contributed by atoms with Gasteiger partial charge in [-0.15, -0.1) is 0 Å². The molecule has 0 fully saturated rings. The third-order valence-electron chi connectivity index (χ3n) is 7.79. The summed E-state index contributed by atoms with van der Waals surface area (Å²) in [6, 6.07) is 53.1. The minimum atomic E-state index is 0.714. The van der Waals surface area contributed by atoms with Crippen LogP contribution in [-0.2, 0) is 0 Å². The van der Waals surface area contributed by atoms with Crippen molar-refractivity contribution in [3.8, 4) is 39.5 Å². The van der Waals surface area contributed by atoms with Gasteiger partial charge in [-0.25, -0.2) is 9.97 Å². The molecule has 41 heavy (non-hydrogen) atoms. The SMILES string of the molecule is c1ccc(-c2cccc(-c3nc(-c4cccc(-n5c6ccccc6c6ccccc65)c4)nc4ccccc34)c2)cc1. The van der Waals surface area contributed by atoms with E-state index in [1.54, 1.807) is 0 Å². The van der Waals surface area contributed by atoms with Gasteiger partial charge < -0.3 is 4.57 Å². The fraction of sp³-hybridized carbons (Fsp3) is 0. The van der Waals surface area contributed by atoms with E-state index in [1.165, 1.54) is 32.9 Å². The smallest absolute Gasteiger partial charge is 0.160 e. The van der Waals surface area contributed by atoms with Gasteiger partial charge >= 0.3 is 0 Å². The maximum Gasteiger partial charge on any atom is 0.160 e. The van der Waals surface area contributed by atoms with Crippen molar-refractivity contribution >= 4 is 32.7 Å². The van der Waals surface area contributed by atoms with Crippen molar-refractivity contribution < 1.29 is 0 Å². The molecule has 0 amide bonds. The molecule has 0 saturated heterocycles. The fourth-order valence-electron chi connectivity index (χ4n) is 5.89. The van der Waals surface area contributed by atoms with Gasteiger partial charge in [0.05, 0.1) is 22.2 Å². The molecular weight excluding hydrogens is 498 g/mol. The Balaban J connectivity index is 1.31. The number of benzene rings is 6. The number of rotatable bonds is 4. The Bertz CT molecular complexity index is 2160. The lowest BCUT2D eigenvalue weighted by Crippen LogP contribution is -1.98. The first kappa shape index (κ1) is 23.4. The normalized spacial score (nSPS) is 11.4. The Labute approximate surface area is 238 Å². The van der Waals surface area contributed by atoms with Crippen LogP contribution >= 0.6 is 0 Å². The molecule has 2 heterocycles. The van der Waals surface area contributed by atoms with Crippen molar-refractivity contribution in [2.45, 2.75) is 0 Å². The van der Waals surface area contributed by atoms with Crippen molar-refractivity contribution in [1.82, 2.24) is 14.5 Å². The van der Waals surface area contributed by atoms with E-state index in [0.29, 0.717) is 5.82 Å². The highest BCUT2D eigenvalue weighted by Gasteiger charge is 2.15. The predicted octanol–water partition coefficient (Wildman–Crippen LogP) is 9.73. The lowest BCUT2D eigenvalue weighted by Gasteiger charge is -2.12. The third-order valence-corrected chi connectivity index (χ3v) is 7.79. The standard InChI is InChI=1S/C38H25N3/c1-2-12-26(13-3-1)27-14-10-15-28(24-27)37-33-20-4-7-21-34(33)39-38(40-37)29-16-11-17-30(25-29)41-35-22-8-5-18-31(35)32-19-6-9-23-36(32)41/h1-25H. The van der Waals surface area contributed by atoms with Crippen LogP contribution in [0.3, 0.4) is 0 Å². The number of fused-ring (bicyclic) bond motifs is 4. The Kier molecular flexibility index (Phi) is 5.46. The zero-order valence-electron chi connectivity index (χ0n) is 22.3. The van der Waals surface area contributed by atoms with Gasteiger partial charge in [0.2, 0.25) is 0 Å². The summed E-state index contributed by atoms with van der Waals surface area (Å²) in [7, 11) is 0. The molecule has 3 heteroatoms. The summed E-state index contributed by atoms with van der Waals surface area (Å²) in [5, 5.41) is 3.53. The van der Waals surface area contributed by atoms with Gasteiger partial charge in [0.15, 0.2) is 5.82 Å². The molecule has 2 aromatic heterocycles. The zero-order chi connectivity index (χ0) is 27.2. The van der Waals surface area contributed by atoms with E-state index in [0.717, 1.165) is 33.4 Å². The van der Waals surface area contributed by atoms with Gasteiger partial charge in [-0.3, -0.25) is 0 Å². The second kappa shape index (κ2) is 9.58. The van der Waals surface area contributed by atoms with Crippen LogP contribution in [0.1, 0.15) is 0 Å². The van der Waals surface area contributed by atoms with Gasteiger partial charge in [-0.05, 0) is 47.5 Å². The van der Waals surface area contributed by atoms with Crippen molar-refractivity contribution in [1.29, 1.82) is 0 Å². The minimum absolute atomic E-state index is 0.714. The van der Waals surface area contributed by atoms with Gasteiger partial charge in [0.25, 0.3) is 0 Å². The first-order chi connectivity index (χ1) is 20.3. The van der Waals surface area contributed by atoms with Crippen molar-refractivity contribution in [3.05, 3.63) is 152 Å². The van der Waals surface area contributed by atoms with Crippen LogP contribution < -0.4 is 0 Å². The molecule has 8 aromatic rings. The first-order valence-electron chi connectivity index (χ1n) is 13.9. The number of aromatic nitrogens is 3. The molecule has 3 nitrogen and oxygen atoms in total. The Morgan fingerprint density at radius 3 is 1.76 bits per heavy atom. The summed E-state index contributed by atoms with van der Waals surface area (Å²) < 4.78 is 2.33. The molecule has 0 unspecified atom stereocenters. The number of nitrogens with zero attached hydrogens (tertiary/aromatic N) is 3. The topological polar surface area (TPSA) is 30.7 Å². The molecule has 192 valence electrons. The van der Waals surface area contributed by atoms with Gasteiger partial charge in [-0.1, -0.05) is 115 Å². The second-order valence-electron chi connectivity index (χ2n) is 10.3. The predicted molar refractivity (Wildman–Crippen MR) is 170 cm³/mol. The molecular formula is C38H25N3. The van der Waals surface area contributed by atoms with E-state index in [-0.39, 0.29) is 0 Å². The Hall–Kier alpha value is -5.54. The molecule has 6 aromatic carbocycles. The van der Waals surface area contributed by atoms with Crippen LogP contribution in [0, 0.1) is 0 Å². The lowest BCUT2D eigenvalue weighted by molar-refractivity contribution is 1.17. The number of hydrogen-bond donors (Lipinski definition) is 0. The van der Waals surface area contributed by atoms with Gasteiger partial charge in [-0.2, -0.15) is 0 Å². The summed E-state index contributed by atoms with van der Waals surface area (Å²) in [5.74, 6) is 0.714. The van der Waals surface area contributed by atoms with E-state index >= 15 is 0 Å². The average Bonchev–Trinajstić information content (AvgIpc) is 3.39. The van der Waals surface area contributed by atoms with Crippen molar-refractivity contribution in [2.75, 3.05) is 0 Å². The maximum atomic E-state index is 5.20. The second-order valence-corrected chi connectivity index (χ2v) is 10.3. The molecule has 0 saturated carbocycles. The summed E-state index contributed by atoms with van der Waals surface area (Å²) in [4.78, 5) is 10.2. The van der Waals surface area contributed by atoms with E-state index in [4.69, 9.17) is 9.97 Å². The van der Waals surface area contributed by atoms with E-state index < -0.39 is 0 Å². The van der Waals surface area contributed by atoms with Crippen LogP contribution in [0.15, 0.2) is 152 Å². The summed E-state index contributed by atoms with van der Waals surface area (Å²) in [6.45, 7) is 0. The largest absolute Gasteiger partial charge is 0.309 e. The van der Waals surface area contributed by atoms with Crippen LogP contribution in [0.4, 0.5) is 0 Å². The van der Waals surface area contributed by atoms with Crippen molar-refractivity contribution in [3.63, 3.8) is 0 Å². The number of hydrogen-bond acceptors (Lipinski definition) is 2. The summed E-state index contributed by atoms with van der Waals surface area (Å²) >= 11 is 0. The van der Waals surface area contributed by atoms with Crippen LogP contribution in [0.2, 0.25) is 0 Å². The molecule has 0 N–H and O–H groups in total. The molecule has 0 aliphatic heterocycles. The fourth-order valence-corrected chi connectivity index (χ4v) is 5.89. The van der Waals surface area contributed by atoms with Crippen LogP contribution in [0.5, 0.6) is 0 Å². The van der Waals surface area contributed by atoms with E-state index in [9.17, 15) is 0 Å². The first-order valence-corrected chi connectivity index (χ1v) is 13.9. The number of para-hydroxylation sites is 3. The quantitative estimate of drug-likeness (QED) is 0.230. The average molecular weight is 524 g/mol. The summed E-state index contributed by atoms with van der Waals surface area (Å²) in [5.41, 5.74) is 9.73. The Morgan fingerprint density at radius 1 is 0.390 bits per heavy atom. The zero-order valence-corrected chi connectivity index (χ0v) is 22.3. The Morgan fingerprint density at radius 2 is 0.976 bits per heavy atom. The van der Waals surface area contributed by atoms with E-state index in [1.807, 2.05) is 12.1 Å². The molecule has 0 atom stereocenters. The molecule has 8 rings (SSSR count). The van der Waals surface area contributed by atoms with Crippen molar-refractivity contribution in [2.24, 2.45) is 0 Å². The lowest BCUT2D eigenvalue weighted by atomic mass is 9.99. The van der Waals surface area contributed by atoms with Gasteiger partial charge in [0, 0.05) is 33.0 Å². The highest BCUT2D eigenvalue weighted by molar-refractivity contribution is 6.09. The molecule has 0 aliphatic rings. The van der Waals surface area contributed by atoms with E-state index in [2.05, 4.69) is 144 Å². The molecule has 0 aliphatic carbocycles. The van der Waals surface area contributed by atoms with Crippen LogP contribution in [-0.4, -0.2) is 14.5 Å². The monoisotopic (exact) mass is 523 g/mol. The molecule has 0 spiro atoms. The third kappa shape index (κ3) is 3.98. The van der Waals surface area contributed by atoms with Gasteiger partial charge in [0.1, 0.15) is 0 Å². The highest BCUT2D eigenvalue weighted by atomic mass is 15.0. The van der Waals surface area contributed by atoms with Crippen LogP contribution in [0.25, 0.3) is 72.2 Å². The minimum Gasteiger partial charge on any atom is -0.309 e. The maximum absolute atomic E-state index is 5.20.